The number of amides is 1. The van der Waals surface area contributed by atoms with Crippen molar-refractivity contribution in [2.24, 2.45) is 0 Å². The highest BCUT2D eigenvalue weighted by Crippen LogP contribution is 2.43. The van der Waals surface area contributed by atoms with Crippen LogP contribution < -0.4 is 5.73 Å². The molecule has 2 aromatic carbocycles. The zero-order valence-corrected chi connectivity index (χ0v) is 18.5. The molecule has 1 fully saturated rings. The molecule has 0 saturated heterocycles. The summed E-state index contributed by atoms with van der Waals surface area (Å²) >= 11 is 0. The van der Waals surface area contributed by atoms with Crippen LogP contribution in [0.4, 0.5) is 10.1 Å². The third kappa shape index (κ3) is 3.37. The van der Waals surface area contributed by atoms with Crippen LogP contribution in [-0.4, -0.2) is 26.7 Å². The van der Waals surface area contributed by atoms with Gasteiger partial charge < -0.3 is 15.0 Å². The molecule has 166 valence electrons. The van der Waals surface area contributed by atoms with Crippen LogP contribution in [0.25, 0.3) is 16.9 Å². The van der Waals surface area contributed by atoms with Gasteiger partial charge in [0.2, 0.25) is 0 Å². The molecule has 33 heavy (non-hydrogen) atoms. The van der Waals surface area contributed by atoms with Crippen molar-refractivity contribution in [2.75, 3.05) is 12.3 Å². The summed E-state index contributed by atoms with van der Waals surface area (Å²) in [5.41, 5.74) is 12.1. The lowest BCUT2D eigenvalue weighted by molar-refractivity contribution is 0.0677. The number of benzene rings is 2. The molecule has 1 amide bonds. The number of carbonyl (C=O) groups is 1. The molecule has 6 rings (SSSR count). The maximum absolute atomic E-state index is 14.6. The van der Waals surface area contributed by atoms with E-state index in [2.05, 4.69) is 25.1 Å². The van der Waals surface area contributed by atoms with Crippen molar-refractivity contribution in [1.29, 1.82) is 0 Å². The second-order valence-corrected chi connectivity index (χ2v) is 9.18. The van der Waals surface area contributed by atoms with E-state index in [9.17, 15) is 9.18 Å². The molecule has 1 aliphatic heterocycles. The minimum absolute atomic E-state index is 0.0183. The van der Waals surface area contributed by atoms with E-state index in [0.29, 0.717) is 35.0 Å². The third-order valence-corrected chi connectivity index (χ3v) is 6.97. The first-order chi connectivity index (χ1) is 16.0. The molecule has 0 bridgehead atoms. The minimum Gasteiger partial charge on any atom is -0.399 e. The van der Waals surface area contributed by atoms with E-state index in [0.717, 1.165) is 30.5 Å². The Morgan fingerprint density at radius 3 is 2.70 bits per heavy atom. The summed E-state index contributed by atoms with van der Waals surface area (Å²) in [6.45, 7) is 2.79. The number of anilines is 1. The number of nitrogen functional groups attached to an aromatic ring is 1. The number of imidazole rings is 1. The Kier molecular flexibility index (Phi) is 4.50. The Balaban J connectivity index is 1.41. The quantitative estimate of drug-likeness (QED) is 0.436. The summed E-state index contributed by atoms with van der Waals surface area (Å²) in [7, 11) is 0. The highest BCUT2D eigenvalue weighted by atomic mass is 19.1. The minimum atomic E-state index is -0.400. The molecular weight excluding hydrogens is 415 g/mol. The standard InChI is InChI=1S/C27H25FN4O/c1-16-21-5-3-2-4-17(21)10-11-32(16)27(33)19-12-23(18-6-7-18)26-30-25(15-31(26)14-19)22-9-8-20(29)13-24(22)28/h2-5,8-9,12-16,18H,6-7,10-11,29H2,1H3/t16-/m1/s1. The summed E-state index contributed by atoms with van der Waals surface area (Å²) in [6, 6.07) is 15.0. The molecule has 1 atom stereocenters. The lowest BCUT2D eigenvalue weighted by Gasteiger charge is -2.35. The van der Waals surface area contributed by atoms with Gasteiger partial charge in [-0.25, -0.2) is 9.37 Å². The zero-order valence-electron chi connectivity index (χ0n) is 18.5. The van der Waals surface area contributed by atoms with Gasteiger partial charge in [-0.15, -0.1) is 0 Å². The molecule has 0 radical (unpaired) electrons. The molecule has 0 unspecified atom stereocenters. The molecule has 2 N–H and O–H groups in total. The number of nitrogens with zero attached hydrogens (tertiary/aromatic N) is 3. The van der Waals surface area contributed by atoms with Crippen molar-refractivity contribution >= 4 is 17.2 Å². The van der Waals surface area contributed by atoms with Gasteiger partial charge in [0.1, 0.15) is 11.5 Å². The largest absolute Gasteiger partial charge is 0.399 e. The number of nitrogens with two attached hydrogens (primary N) is 1. The zero-order chi connectivity index (χ0) is 22.7. The SMILES string of the molecule is C[C@@H]1c2ccccc2CCN1C(=O)c1cc(C2CC2)c2nc(-c3ccc(N)cc3F)cn2c1. The van der Waals surface area contributed by atoms with Crippen LogP contribution in [0.1, 0.15) is 58.8 Å². The fraction of sp³-hybridized carbons (Fsp3) is 0.259. The predicted molar refractivity (Wildman–Crippen MR) is 127 cm³/mol. The van der Waals surface area contributed by atoms with Crippen LogP contribution in [0.15, 0.2) is 60.9 Å². The first kappa shape index (κ1) is 20.0. The summed E-state index contributed by atoms with van der Waals surface area (Å²) < 4.78 is 16.4. The number of hydrogen-bond donors (Lipinski definition) is 1. The first-order valence-electron chi connectivity index (χ1n) is 11.5. The monoisotopic (exact) mass is 440 g/mol. The second kappa shape index (κ2) is 7.44. The topological polar surface area (TPSA) is 63.6 Å². The van der Waals surface area contributed by atoms with E-state index >= 15 is 0 Å². The highest BCUT2D eigenvalue weighted by molar-refractivity contribution is 5.95. The first-order valence-corrected chi connectivity index (χ1v) is 11.5. The van der Waals surface area contributed by atoms with Gasteiger partial charge in [0.15, 0.2) is 0 Å². The fourth-order valence-corrected chi connectivity index (χ4v) is 5.02. The van der Waals surface area contributed by atoms with E-state index in [-0.39, 0.29) is 11.9 Å². The molecule has 2 aliphatic rings. The molecule has 6 heteroatoms. The van der Waals surface area contributed by atoms with Crippen molar-refractivity contribution in [2.45, 2.75) is 38.1 Å². The molecule has 2 aromatic heterocycles. The fourth-order valence-electron chi connectivity index (χ4n) is 5.02. The van der Waals surface area contributed by atoms with Crippen molar-refractivity contribution in [3.63, 3.8) is 0 Å². The summed E-state index contributed by atoms with van der Waals surface area (Å²) in [6.07, 6.45) is 6.66. The Hall–Kier alpha value is -3.67. The molecule has 0 spiro atoms. The molecule has 5 nitrogen and oxygen atoms in total. The Morgan fingerprint density at radius 2 is 1.91 bits per heavy atom. The van der Waals surface area contributed by atoms with E-state index in [1.54, 1.807) is 12.1 Å². The van der Waals surface area contributed by atoms with Crippen LogP contribution in [0.2, 0.25) is 0 Å². The third-order valence-electron chi connectivity index (χ3n) is 6.97. The summed E-state index contributed by atoms with van der Waals surface area (Å²) in [4.78, 5) is 20.4. The van der Waals surface area contributed by atoms with Gasteiger partial charge in [-0.05, 0) is 73.1 Å². The van der Waals surface area contributed by atoms with Crippen LogP contribution >= 0.6 is 0 Å². The van der Waals surface area contributed by atoms with Crippen molar-refractivity contribution in [1.82, 2.24) is 14.3 Å². The van der Waals surface area contributed by atoms with Crippen molar-refractivity contribution in [3.05, 3.63) is 89.0 Å². The van der Waals surface area contributed by atoms with Gasteiger partial charge in [-0.1, -0.05) is 24.3 Å². The van der Waals surface area contributed by atoms with Crippen LogP contribution in [-0.2, 0) is 6.42 Å². The molecule has 1 aliphatic carbocycles. The lowest BCUT2D eigenvalue weighted by Crippen LogP contribution is -2.39. The predicted octanol–water partition coefficient (Wildman–Crippen LogP) is 5.36. The summed E-state index contributed by atoms with van der Waals surface area (Å²) in [5.74, 6) is 0.0180. The van der Waals surface area contributed by atoms with E-state index in [1.807, 2.05) is 33.8 Å². The number of fused-ring (bicyclic) bond motifs is 2. The average Bonchev–Trinajstić information content (AvgIpc) is 3.57. The van der Waals surface area contributed by atoms with Crippen molar-refractivity contribution < 1.29 is 9.18 Å². The number of aromatic nitrogens is 2. The molecule has 4 aromatic rings. The van der Waals surface area contributed by atoms with Gasteiger partial charge in [-0.3, -0.25) is 4.79 Å². The lowest BCUT2D eigenvalue weighted by atomic mass is 9.93. The summed E-state index contributed by atoms with van der Waals surface area (Å²) in [5, 5.41) is 0. The smallest absolute Gasteiger partial charge is 0.255 e. The highest BCUT2D eigenvalue weighted by Gasteiger charge is 2.31. The van der Waals surface area contributed by atoms with Gasteiger partial charge in [0.25, 0.3) is 5.91 Å². The normalized spacial score (nSPS) is 17.9. The van der Waals surface area contributed by atoms with Gasteiger partial charge in [0, 0.05) is 30.2 Å². The van der Waals surface area contributed by atoms with E-state index in [1.165, 1.54) is 17.2 Å². The van der Waals surface area contributed by atoms with Gasteiger partial charge in [0.05, 0.1) is 17.3 Å². The van der Waals surface area contributed by atoms with Gasteiger partial charge >= 0.3 is 0 Å². The molecule has 1 saturated carbocycles. The van der Waals surface area contributed by atoms with Crippen molar-refractivity contribution in [3.8, 4) is 11.3 Å². The average molecular weight is 441 g/mol. The number of rotatable bonds is 3. The van der Waals surface area contributed by atoms with Crippen LogP contribution in [0, 0.1) is 5.82 Å². The maximum atomic E-state index is 14.6. The second-order valence-electron chi connectivity index (χ2n) is 9.18. The van der Waals surface area contributed by atoms with Gasteiger partial charge in [-0.2, -0.15) is 0 Å². The molecular formula is C27H25FN4O. The number of carbonyl (C=O) groups excluding carboxylic acids is 1. The van der Waals surface area contributed by atoms with E-state index in [4.69, 9.17) is 10.7 Å². The number of pyridine rings is 1. The maximum Gasteiger partial charge on any atom is 0.255 e. The van der Waals surface area contributed by atoms with E-state index < -0.39 is 5.82 Å². The number of halogens is 1. The Bertz CT molecular complexity index is 1400. The van der Waals surface area contributed by atoms with Crippen LogP contribution in [0.3, 0.4) is 0 Å². The molecule has 3 heterocycles. The van der Waals surface area contributed by atoms with Crippen LogP contribution in [0.5, 0.6) is 0 Å². The Morgan fingerprint density at radius 1 is 1.09 bits per heavy atom. The Labute approximate surface area is 191 Å². The number of hydrogen-bond acceptors (Lipinski definition) is 3.